The van der Waals surface area contributed by atoms with Crippen LogP contribution in [0.15, 0.2) is 0 Å². The first-order valence-electron chi connectivity index (χ1n) is 8.62. The Kier molecular flexibility index (Phi) is 5.88. The molecule has 20 heavy (non-hydrogen) atoms. The summed E-state index contributed by atoms with van der Waals surface area (Å²) in [7, 11) is 0. The topological polar surface area (TPSA) is 41.1 Å². The summed E-state index contributed by atoms with van der Waals surface area (Å²) < 4.78 is 0. The molecule has 3 heteroatoms. The number of hydrogen-bond donors (Lipinski definition) is 2. The van der Waals surface area contributed by atoms with Crippen LogP contribution in [0, 0.1) is 11.3 Å². The molecule has 116 valence electrons. The lowest BCUT2D eigenvalue weighted by Crippen LogP contribution is -2.50. The number of amides is 1. The van der Waals surface area contributed by atoms with Gasteiger partial charge in [0.1, 0.15) is 0 Å². The van der Waals surface area contributed by atoms with Crippen LogP contribution >= 0.6 is 0 Å². The highest BCUT2D eigenvalue weighted by Gasteiger charge is 2.37. The SMILES string of the molecule is CC(C)(C(=O)NC1CCCCCCC1)C1CCCNC1. The molecule has 1 unspecified atom stereocenters. The molecule has 1 amide bonds. The van der Waals surface area contributed by atoms with Crippen LogP contribution in [-0.2, 0) is 4.79 Å². The Morgan fingerprint density at radius 3 is 2.25 bits per heavy atom. The second-order valence-electron chi connectivity index (χ2n) is 7.28. The average Bonchev–Trinajstić information content (AvgIpc) is 2.42. The van der Waals surface area contributed by atoms with Gasteiger partial charge >= 0.3 is 0 Å². The zero-order valence-corrected chi connectivity index (χ0v) is 13.3. The van der Waals surface area contributed by atoms with Crippen molar-refractivity contribution in [1.29, 1.82) is 0 Å². The Bertz CT molecular complexity index is 300. The Balaban J connectivity index is 1.87. The third kappa shape index (κ3) is 4.21. The lowest BCUT2D eigenvalue weighted by Gasteiger charge is -2.37. The fraction of sp³-hybridized carbons (Fsp3) is 0.941. The minimum atomic E-state index is -0.240. The summed E-state index contributed by atoms with van der Waals surface area (Å²) in [6.07, 6.45) is 11.3. The summed E-state index contributed by atoms with van der Waals surface area (Å²) in [6, 6.07) is 0.415. The first-order chi connectivity index (χ1) is 9.60. The van der Waals surface area contributed by atoms with E-state index in [-0.39, 0.29) is 11.3 Å². The van der Waals surface area contributed by atoms with Gasteiger partial charge in [-0.1, -0.05) is 46.0 Å². The number of carbonyl (C=O) groups is 1. The number of nitrogens with one attached hydrogen (secondary N) is 2. The highest BCUT2D eigenvalue weighted by Crippen LogP contribution is 2.32. The zero-order valence-electron chi connectivity index (χ0n) is 13.3. The highest BCUT2D eigenvalue weighted by atomic mass is 16.2. The fourth-order valence-electron chi connectivity index (χ4n) is 3.63. The van der Waals surface area contributed by atoms with E-state index in [9.17, 15) is 4.79 Å². The molecule has 0 radical (unpaired) electrons. The van der Waals surface area contributed by atoms with Gasteiger partial charge < -0.3 is 10.6 Å². The molecule has 0 bridgehead atoms. The van der Waals surface area contributed by atoms with Crippen LogP contribution in [0.1, 0.15) is 71.6 Å². The van der Waals surface area contributed by atoms with Gasteiger partial charge in [-0.2, -0.15) is 0 Å². The van der Waals surface area contributed by atoms with Crippen LogP contribution in [0.4, 0.5) is 0 Å². The van der Waals surface area contributed by atoms with E-state index in [2.05, 4.69) is 24.5 Å². The van der Waals surface area contributed by atoms with Gasteiger partial charge in [0.25, 0.3) is 0 Å². The van der Waals surface area contributed by atoms with Crippen molar-refractivity contribution >= 4 is 5.91 Å². The minimum absolute atomic E-state index is 0.240. The van der Waals surface area contributed by atoms with Crippen molar-refractivity contribution in [2.75, 3.05) is 13.1 Å². The average molecular weight is 280 g/mol. The number of piperidine rings is 1. The molecular formula is C17H32N2O. The Morgan fingerprint density at radius 2 is 1.65 bits per heavy atom. The van der Waals surface area contributed by atoms with E-state index >= 15 is 0 Å². The normalized spacial score (nSPS) is 26.6. The standard InChI is InChI=1S/C17H32N2O/c1-17(2,14-9-8-12-18-13-14)16(20)19-15-10-6-4-3-5-7-11-15/h14-15,18H,3-13H2,1-2H3,(H,19,20). The molecule has 2 fully saturated rings. The van der Waals surface area contributed by atoms with Gasteiger partial charge in [0.15, 0.2) is 0 Å². The lowest BCUT2D eigenvalue weighted by molar-refractivity contribution is -0.133. The monoisotopic (exact) mass is 280 g/mol. The molecule has 1 saturated carbocycles. The highest BCUT2D eigenvalue weighted by molar-refractivity contribution is 5.82. The van der Waals surface area contributed by atoms with Crippen LogP contribution in [0.25, 0.3) is 0 Å². The third-order valence-corrected chi connectivity index (χ3v) is 5.34. The van der Waals surface area contributed by atoms with E-state index in [4.69, 9.17) is 0 Å². The summed E-state index contributed by atoms with van der Waals surface area (Å²) in [6.45, 7) is 6.35. The predicted octanol–water partition coefficient (Wildman–Crippen LogP) is 3.24. The van der Waals surface area contributed by atoms with Gasteiger partial charge in [-0.3, -0.25) is 4.79 Å². The number of hydrogen-bond acceptors (Lipinski definition) is 2. The molecule has 0 aromatic rings. The maximum Gasteiger partial charge on any atom is 0.226 e. The maximum atomic E-state index is 12.7. The summed E-state index contributed by atoms with van der Waals surface area (Å²) >= 11 is 0. The summed E-state index contributed by atoms with van der Waals surface area (Å²) in [5, 5.41) is 6.80. The van der Waals surface area contributed by atoms with Crippen molar-refractivity contribution in [3.05, 3.63) is 0 Å². The van der Waals surface area contributed by atoms with Crippen LogP contribution in [0.3, 0.4) is 0 Å². The lowest BCUT2D eigenvalue weighted by atomic mass is 9.74. The van der Waals surface area contributed by atoms with Gasteiger partial charge in [-0.05, 0) is 44.7 Å². The zero-order chi connectivity index (χ0) is 14.4. The quantitative estimate of drug-likeness (QED) is 0.833. The Labute approximate surface area is 124 Å². The molecule has 2 N–H and O–H groups in total. The molecule has 1 atom stereocenters. The second-order valence-corrected chi connectivity index (χ2v) is 7.28. The summed E-state index contributed by atoms with van der Waals surface area (Å²) in [5.74, 6) is 0.751. The van der Waals surface area contributed by atoms with Crippen LogP contribution < -0.4 is 10.6 Å². The van der Waals surface area contributed by atoms with Crippen LogP contribution in [0.5, 0.6) is 0 Å². The summed E-state index contributed by atoms with van der Waals surface area (Å²) in [4.78, 5) is 12.7. The van der Waals surface area contributed by atoms with Crippen molar-refractivity contribution in [2.45, 2.75) is 77.7 Å². The van der Waals surface area contributed by atoms with Gasteiger partial charge in [0.2, 0.25) is 5.91 Å². The molecule has 0 aromatic carbocycles. The van der Waals surface area contributed by atoms with Crippen molar-refractivity contribution in [3.8, 4) is 0 Å². The Hall–Kier alpha value is -0.570. The molecule has 1 heterocycles. The predicted molar refractivity (Wildman–Crippen MR) is 83.6 cm³/mol. The van der Waals surface area contributed by atoms with Gasteiger partial charge in [-0.15, -0.1) is 0 Å². The van der Waals surface area contributed by atoms with Gasteiger partial charge in [0, 0.05) is 11.5 Å². The largest absolute Gasteiger partial charge is 0.353 e. The molecule has 3 nitrogen and oxygen atoms in total. The molecule has 2 aliphatic rings. The van der Waals surface area contributed by atoms with E-state index in [1.807, 2.05) is 0 Å². The molecule has 2 rings (SSSR count). The van der Waals surface area contributed by atoms with Crippen molar-refractivity contribution < 1.29 is 4.79 Å². The first-order valence-corrected chi connectivity index (χ1v) is 8.62. The van der Waals surface area contributed by atoms with Crippen molar-refractivity contribution in [3.63, 3.8) is 0 Å². The van der Waals surface area contributed by atoms with E-state index in [1.54, 1.807) is 0 Å². The van der Waals surface area contributed by atoms with Crippen LogP contribution in [-0.4, -0.2) is 25.0 Å². The van der Waals surface area contributed by atoms with E-state index in [0.29, 0.717) is 12.0 Å². The molecule has 0 spiro atoms. The van der Waals surface area contributed by atoms with Crippen LogP contribution in [0.2, 0.25) is 0 Å². The molecule has 0 aromatic heterocycles. The van der Waals surface area contributed by atoms with E-state index < -0.39 is 0 Å². The van der Waals surface area contributed by atoms with E-state index in [1.165, 1.54) is 57.8 Å². The number of carbonyl (C=O) groups excluding carboxylic acids is 1. The fourth-order valence-corrected chi connectivity index (χ4v) is 3.63. The first kappa shape index (κ1) is 15.8. The van der Waals surface area contributed by atoms with E-state index in [0.717, 1.165) is 13.1 Å². The van der Waals surface area contributed by atoms with Crippen molar-refractivity contribution in [2.24, 2.45) is 11.3 Å². The number of rotatable bonds is 3. The van der Waals surface area contributed by atoms with Crippen molar-refractivity contribution in [1.82, 2.24) is 10.6 Å². The molecule has 1 aliphatic carbocycles. The molecular weight excluding hydrogens is 248 g/mol. The van der Waals surface area contributed by atoms with Gasteiger partial charge in [-0.25, -0.2) is 0 Å². The Morgan fingerprint density at radius 1 is 1.00 bits per heavy atom. The molecule has 1 saturated heterocycles. The smallest absolute Gasteiger partial charge is 0.226 e. The second kappa shape index (κ2) is 7.44. The minimum Gasteiger partial charge on any atom is -0.353 e. The maximum absolute atomic E-state index is 12.7. The summed E-state index contributed by atoms with van der Waals surface area (Å²) in [5.41, 5.74) is -0.240. The third-order valence-electron chi connectivity index (χ3n) is 5.34. The van der Waals surface area contributed by atoms with Gasteiger partial charge in [0.05, 0.1) is 0 Å². The molecule has 1 aliphatic heterocycles.